The smallest absolute Gasteiger partial charge is 0.224 e. The van der Waals surface area contributed by atoms with Gasteiger partial charge in [0.15, 0.2) is 0 Å². The van der Waals surface area contributed by atoms with Crippen LogP contribution in [0.15, 0.2) is 6.20 Å². The molecule has 0 saturated carbocycles. The van der Waals surface area contributed by atoms with E-state index in [2.05, 4.69) is 11.2 Å². The van der Waals surface area contributed by atoms with Crippen molar-refractivity contribution in [2.45, 2.75) is 19.4 Å². The fourth-order valence-corrected chi connectivity index (χ4v) is 2.55. The van der Waals surface area contributed by atoms with Crippen molar-refractivity contribution in [2.24, 2.45) is 13.0 Å². The first-order chi connectivity index (χ1) is 9.10. The van der Waals surface area contributed by atoms with E-state index in [1.165, 1.54) is 0 Å². The molecule has 102 valence electrons. The number of hydrogen-bond acceptors (Lipinski definition) is 4. The highest BCUT2D eigenvalue weighted by atomic mass is 16.5. The summed E-state index contributed by atoms with van der Waals surface area (Å²) in [5, 5.41) is 13.5. The van der Waals surface area contributed by atoms with Gasteiger partial charge in [0.2, 0.25) is 5.91 Å². The van der Waals surface area contributed by atoms with Crippen LogP contribution in [0.4, 0.5) is 0 Å². The van der Waals surface area contributed by atoms with Gasteiger partial charge in [0, 0.05) is 38.4 Å². The van der Waals surface area contributed by atoms with Crippen LogP contribution in [0.2, 0.25) is 0 Å². The maximum atomic E-state index is 12.0. The molecule has 1 aliphatic heterocycles. The van der Waals surface area contributed by atoms with E-state index in [0.717, 1.165) is 11.3 Å². The van der Waals surface area contributed by atoms with Gasteiger partial charge in [0.05, 0.1) is 30.8 Å². The Bertz CT molecular complexity index is 517. The van der Waals surface area contributed by atoms with Crippen LogP contribution in [-0.4, -0.2) is 40.8 Å². The SMILES string of the molecule is COCCN1C(=O)CC(C#N)C1c1cnn(C)c1C. The van der Waals surface area contributed by atoms with Gasteiger partial charge in [-0.2, -0.15) is 10.4 Å². The Hall–Kier alpha value is -1.87. The van der Waals surface area contributed by atoms with Crippen LogP contribution in [0.5, 0.6) is 0 Å². The second kappa shape index (κ2) is 5.41. The third-order valence-electron chi connectivity index (χ3n) is 3.73. The number of carbonyl (C=O) groups is 1. The predicted molar refractivity (Wildman–Crippen MR) is 68.0 cm³/mol. The molecule has 2 atom stereocenters. The third kappa shape index (κ3) is 2.34. The van der Waals surface area contributed by atoms with Crippen LogP contribution in [-0.2, 0) is 16.6 Å². The van der Waals surface area contributed by atoms with Crippen LogP contribution >= 0.6 is 0 Å². The molecule has 2 unspecified atom stereocenters. The zero-order valence-corrected chi connectivity index (χ0v) is 11.5. The molecule has 1 aliphatic rings. The first kappa shape index (κ1) is 13.6. The monoisotopic (exact) mass is 262 g/mol. The number of carbonyl (C=O) groups excluding carboxylic acids is 1. The number of aryl methyl sites for hydroxylation is 1. The zero-order chi connectivity index (χ0) is 14.0. The summed E-state index contributed by atoms with van der Waals surface area (Å²) in [6.45, 7) is 2.93. The summed E-state index contributed by atoms with van der Waals surface area (Å²) in [6, 6.07) is 2.04. The minimum Gasteiger partial charge on any atom is -0.383 e. The highest BCUT2D eigenvalue weighted by molar-refractivity contribution is 5.80. The van der Waals surface area contributed by atoms with E-state index in [1.54, 1.807) is 22.9 Å². The predicted octanol–water partition coefficient (Wildman–Crippen LogP) is 0.788. The van der Waals surface area contributed by atoms with Gasteiger partial charge in [-0.1, -0.05) is 0 Å². The highest BCUT2D eigenvalue weighted by Gasteiger charge is 2.41. The van der Waals surface area contributed by atoms with Crippen molar-refractivity contribution in [3.63, 3.8) is 0 Å². The first-order valence-corrected chi connectivity index (χ1v) is 6.26. The number of hydrogen-bond donors (Lipinski definition) is 0. The summed E-state index contributed by atoms with van der Waals surface area (Å²) in [4.78, 5) is 13.8. The second-order valence-electron chi connectivity index (χ2n) is 4.77. The summed E-state index contributed by atoms with van der Waals surface area (Å²) >= 11 is 0. The van der Waals surface area contributed by atoms with E-state index in [4.69, 9.17) is 4.74 Å². The normalized spacial score (nSPS) is 22.8. The Morgan fingerprint density at radius 1 is 1.63 bits per heavy atom. The van der Waals surface area contributed by atoms with Gasteiger partial charge < -0.3 is 9.64 Å². The number of nitriles is 1. The average Bonchev–Trinajstić information content (AvgIpc) is 2.88. The molecule has 6 heteroatoms. The number of likely N-dealkylation sites (tertiary alicyclic amines) is 1. The van der Waals surface area contributed by atoms with E-state index in [-0.39, 0.29) is 24.3 Å². The fourth-order valence-electron chi connectivity index (χ4n) is 2.55. The maximum absolute atomic E-state index is 12.0. The molecular weight excluding hydrogens is 244 g/mol. The second-order valence-corrected chi connectivity index (χ2v) is 4.77. The summed E-state index contributed by atoms with van der Waals surface area (Å²) in [5.74, 6) is -0.302. The van der Waals surface area contributed by atoms with Gasteiger partial charge in [0.25, 0.3) is 0 Å². The number of ether oxygens (including phenoxy) is 1. The molecule has 0 aliphatic carbocycles. The quantitative estimate of drug-likeness (QED) is 0.804. The minimum absolute atomic E-state index is 0.0110. The molecule has 0 N–H and O–H groups in total. The summed E-state index contributed by atoms with van der Waals surface area (Å²) in [6.07, 6.45) is 2.03. The minimum atomic E-state index is -0.313. The van der Waals surface area contributed by atoms with Gasteiger partial charge in [-0.05, 0) is 6.92 Å². The number of rotatable bonds is 4. The van der Waals surface area contributed by atoms with E-state index in [0.29, 0.717) is 13.2 Å². The Kier molecular flexibility index (Phi) is 3.86. The topological polar surface area (TPSA) is 71.2 Å². The molecule has 1 amide bonds. The Morgan fingerprint density at radius 2 is 2.37 bits per heavy atom. The highest BCUT2D eigenvalue weighted by Crippen LogP contribution is 2.38. The average molecular weight is 262 g/mol. The molecule has 2 heterocycles. The maximum Gasteiger partial charge on any atom is 0.224 e. The van der Waals surface area contributed by atoms with E-state index < -0.39 is 0 Å². The standard InChI is InChI=1S/C13H18N4O2/c1-9-11(8-15-16(9)2)13-10(7-14)6-12(18)17(13)4-5-19-3/h8,10,13H,4-6H2,1-3H3. The van der Waals surface area contributed by atoms with Crippen LogP contribution in [0.25, 0.3) is 0 Å². The largest absolute Gasteiger partial charge is 0.383 e. The lowest BCUT2D eigenvalue weighted by Gasteiger charge is -2.25. The first-order valence-electron chi connectivity index (χ1n) is 6.26. The summed E-state index contributed by atoms with van der Waals surface area (Å²) in [7, 11) is 3.46. The fraction of sp³-hybridized carbons (Fsp3) is 0.615. The van der Waals surface area contributed by atoms with Crippen molar-refractivity contribution >= 4 is 5.91 Å². The molecule has 0 radical (unpaired) electrons. The summed E-state index contributed by atoms with van der Waals surface area (Å²) < 4.78 is 6.81. The molecule has 1 saturated heterocycles. The molecule has 0 aromatic carbocycles. The van der Waals surface area contributed by atoms with Crippen molar-refractivity contribution < 1.29 is 9.53 Å². The zero-order valence-electron chi connectivity index (χ0n) is 11.5. The molecule has 2 rings (SSSR count). The lowest BCUT2D eigenvalue weighted by atomic mass is 9.95. The number of methoxy groups -OCH3 is 1. The molecule has 0 spiro atoms. The van der Waals surface area contributed by atoms with E-state index in [9.17, 15) is 10.1 Å². The molecule has 6 nitrogen and oxygen atoms in total. The van der Waals surface area contributed by atoms with E-state index in [1.807, 2.05) is 14.0 Å². The van der Waals surface area contributed by atoms with Crippen LogP contribution in [0.3, 0.4) is 0 Å². The molecule has 1 fully saturated rings. The Morgan fingerprint density at radius 3 is 2.89 bits per heavy atom. The number of nitrogens with zero attached hydrogens (tertiary/aromatic N) is 4. The van der Waals surface area contributed by atoms with Gasteiger partial charge in [-0.15, -0.1) is 0 Å². The molecular formula is C13H18N4O2. The van der Waals surface area contributed by atoms with E-state index >= 15 is 0 Å². The van der Waals surface area contributed by atoms with Crippen LogP contribution < -0.4 is 0 Å². The molecule has 1 aromatic heterocycles. The van der Waals surface area contributed by atoms with Crippen molar-refractivity contribution in [2.75, 3.05) is 20.3 Å². The summed E-state index contributed by atoms with van der Waals surface area (Å²) in [5.41, 5.74) is 1.94. The third-order valence-corrected chi connectivity index (χ3v) is 3.73. The van der Waals surface area contributed by atoms with Crippen molar-refractivity contribution in [1.29, 1.82) is 5.26 Å². The molecule has 1 aromatic rings. The lowest BCUT2D eigenvalue weighted by Crippen LogP contribution is -2.32. The van der Waals surface area contributed by atoms with Gasteiger partial charge in [-0.3, -0.25) is 9.48 Å². The van der Waals surface area contributed by atoms with Gasteiger partial charge in [0.1, 0.15) is 0 Å². The van der Waals surface area contributed by atoms with Crippen LogP contribution in [0.1, 0.15) is 23.7 Å². The molecule has 19 heavy (non-hydrogen) atoms. The Labute approximate surface area is 112 Å². The Balaban J connectivity index is 2.34. The van der Waals surface area contributed by atoms with Gasteiger partial charge in [-0.25, -0.2) is 0 Å². The number of amides is 1. The van der Waals surface area contributed by atoms with Crippen molar-refractivity contribution in [3.8, 4) is 6.07 Å². The van der Waals surface area contributed by atoms with Crippen molar-refractivity contribution in [1.82, 2.24) is 14.7 Å². The van der Waals surface area contributed by atoms with Gasteiger partial charge >= 0.3 is 0 Å². The van der Waals surface area contributed by atoms with Crippen LogP contribution in [0, 0.1) is 24.2 Å². The molecule has 0 bridgehead atoms. The van der Waals surface area contributed by atoms with Crippen molar-refractivity contribution in [3.05, 3.63) is 17.5 Å². The number of aromatic nitrogens is 2. The lowest BCUT2D eigenvalue weighted by molar-refractivity contribution is -0.129.